The molecule has 2 aromatic carbocycles. The van der Waals surface area contributed by atoms with Gasteiger partial charge in [-0.15, -0.1) is 0 Å². The molecule has 1 fully saturated rings. The maximum atomic E-state index is 12.6. The van der Waals surface area contributed by atoms with Gasteiger partial charge in [0.15, 0.2) is 0 Å². The summed E-state index contributed by atoms with van der Waals surface area (Å²) < 4.78 is 33.3. The Labute approximate surface area is 182 Å². The lowest BCUT2D eigenvalue weighted by Gasteiger charge is -2.36. The van der Waals surface area contributed by atoms with Crippen molar-refractivity contribution in [2.24, 2.45) is 0 Å². The zero-order chi connectivity index (χ0) is 21.0. The van der Waals surface area contributed by atoms with Crippen LogP contribution in [-0.4, -0.2) is 59.7 Å². The molecular formula is C20H25Cl2N3O3S. The first-order valence-corrected chi connectivity index (χ1v) is 11.6. The van der Waals surface area contributed by atoms with Crippen molar-refractivity contribution < 1.29 is 13.2 Å². The number of ether oxygens (including phenoxy) is 1. The fourth-order valence-corrected chi connectivity index (χ4v) is 5.21. The average Bonchev–Trinajstić information content (AvgIpc) is 2.71. The van der Waals surface area contributed by atoms with Gasteiger partial charge >= 0.3 is 0 Å². The minimum absolute atomic E-state index is 0.0575. The quantitative estimate of drug-likeness (QED) is 0.689. The van der Waals surface area contributed by atoms with E-state index < -0.39 is 10.0 Å². The van der Waals surface area contributed by atoms with Crippen molar-refractivity contribution in [2.45, 2.75) is 11.8 Å². The normalized spacial score (nSPS) is 15.5. The van der Waals surface area contributed by atoms with Gasteiger partial charge in [-0.25, -0.2) is 13.1 Å². The molecule has 0 bridgehead atoms. The number of nitrogens with one attached hydrogen (secondary N) is 1. The van der Waals surface area contributed by atoms with Gasteiger partial charge in [0.05, 0.1) is 17.8 Å². The van der Waals surface area contributed by atoms with Crippen LogP contribution < -0.4 is 14.4 Å². The maximum Gasteiger partial charge on any atom is 0.242 e. The van der Waals surface area contributed by atoms with Gasteiger partial charge in [0, 0.05) is 44.3 Å². The number of rotatable bonds is 7. The van der Waals surface area contributed by atoms with E-state index in [0.717, 1.165) is 37.6 Å². The molecule has 9 heteroatoms. The molecule has 0 unspecified atom stereocenters. The molecule has 158 valence electrons. The fourth-order valence-electron chi connectivity index (χ4n) is 3.36. The molecule has 1 heterocycles. The van der Waals surface area contributed by atoms with Crippen LogP contribution in [0.5, 0.6) is 5.75 Å². The van der Waals surface area contributed by atoms with Gasteiger partial charge in [0.1, 0.15) is 10.6 Å². The largest absolute Gasteiger partial charge is 0.495 e. The highest BCUT2D eigenvalue weighted by Crippen LogP contribution is 2.29. The topological polar surface area (TPSA) is 61.9 Å². The first-order chi connectivity index (χ1) is 13.8. The number of nitrogens with zero attached hydrogens (tertiary/aromatic N) is 2. The van der Waals surface area contributed by atoms with E-state index in [9.17, 15) is 8.42 Å². The Hall–Kier alpha value is -1.51. The maximum absolute atomic E-state index is 12.6. The van der Waals surface area contributed by atoms with Gasteiger partial charge in [-0.1, -0.05) is 35.3 Å². The number of benzene rings is 2. The third-order valence-electron chi connectivity index (χ3n) is 5.02. The molecule has 29 heavy (non-hydrogen) atoms. The van der Waals surface area contributed by atoms with Crippen LogP contribution in [0.3, 0.4) is 0 Å². The summed E-state index contributed by atoms with van der Waals surface area (Å²) >= 11 is 12.1. The van der Waals surface area contributed by atoms with Gasteiger partial charge < -0.3 is 9.64 Å². The predicted octanol–water partition coefficient (Wildman–Crippen LogP) is 3.41. The first-order valence-electron chi connectivity index (χ1n) is 9.37. The number of halogens is 2. The zero-order valence-corrected chi connectivity index (χ0v) is 18.8. The zero-order valence-electron chi connectivity index (χ0n) is 16.5. The average molecular weight is 458 g/mol. The molecule has 3 rings (SSSR count). The first kappa shape index (κ1) is 22.2. The Morgan fingerprint density at radius 1 is 1.07 bits per heavy atom. The van der Waals surface area contributed by atoms with E-state index in [0.29, 0.717) is 23.7 Å². The van der Waals surface area contributed by atoms with Gasteiger partial charge in [0.2, 0.25) is 10.0 Å². The number of hydrogen-bond donors (Lipinski definition) is 1. The number of piperazine rings is 1. The third kappa shape index (κ3) is 5.35. The van der Waals surface area contributed by atoms with E-state index in [1.165, 1.54) is 12.1 Å². The highest BCUT2D eigenvalue weighted by atomic mass is 35.5. The molecule has 1 N–H and O–H groups in total. The molecule has 0 aliphatic carbocycles. The van der Waals surface area contributed by atoms with Gasteiger partial charge in [0.25, 0.3) is 0 Å². The number of para-hydroxylation sites is 2. The van der Waals surface area contributed by atoms with E-state index >= 15 is 0 Å². The van der Waals surface area contributed by atoms with Gasteiger partial charge in [-0.3, -0.25) is 4.90 Å². The summed E-state index contributed by atoms with van der Waals surface area (Å²) in [6, 6.07) is 10.9. The Morgan fingerprint density at radius 2 is 1.76 bits per heavy atom. The summed E-state index contributed by atoms with van der Waals surface area (Å²) in [4.78, 5) is 4.58. The lowest BCUT2D eigenvalue weighted by Crippen LogP contribution is -2.48. The van der Waals surface area contributed by atoms with Crippen LogP contribution in [0.25, 0.3) is 0 Å². The van der Waals surface area contributed by atoms with Crippen LogP contribution in [0.1, 0.15) is 5.56 Å². The number of anilines is 1. The summed E-state index contributed by atoms with van der Waals surface area (Å²) in [6.07, 6.45) is 0. The van der Waals surface area contributed by atoms with Crippen molar-refractivity contribution in [3.05, 3.63) is 52.0 Å². The van der Waals surface area contributed by atoms with E-state index in [-0.39, 0.29) is 9.92 Å². The lowest BCUT2D eigenvalue weighted by molar-refractivity contribution is 0.261. The fraction of sp³-hybridized carbons (Fsp3) is 0.400. The molecule has 1 saturated heterocycles. The van der Waals surface area contributed by atoms with Crippen molar-refractivity contribution in [1.82, 2.24) is 9.62 Å². The minimum atomic E-state index is -3.69. The second-order valence-corrected chi connectivity index (χ2v) is 9.48. The minimum Gasteiger partial charge on any atom is -0.495 e. The van der Waals surface area contributed by atoms with Crippen LogP contribution in [-0.2, 0) is 10.0 Å². The molecule has 0 radical (unpaired) electrons. The summed E-state index contributed by atoms with van der Waals surface area (Å²) in [7, 11) is -2.01. The second-order valence-electron chi connectivity index (χ2n) is 6.93. The van der Waals surface area contributed by atoms with Crippen molar-refractivity contribution >= 4 is 38.9 Å². The number of sulfonamides is 1. The number of methoxy groups -OCH3 is 1. The van der Waals surface area contributed by atoms with Crippen LogP contribution in [0, 0.1) is 6.92 Å². The highest BCUT2D eigenvalue weighted by Gasteiger charge is 2.22. The summed E-state index contributed by atoms with van der Waals surface area (Å²) in [5.41, 5.74) is 1.76. The second kappa shape index (κ2) is 9.53. The monoisotopic (exact) mass is 457 g/mol. The SMILES string of the molecule is COc1ccccc1N1CCN(CCNS(=O)(=O)c2cc(C)c(Cl)cc2Cl)CC1. The van der Waals surface area contributed by atoms with Crippen molar-refractivity contribution in [1.29, 1.82) is 0 Å². The Balaban J connectivity index is 1.53. The van der Waals surface area contributed by atoms with Crippen molar-refractivity contribution in [2.75, 3.05) is 51.3 Å². The highest BCUT2D eigenvalue weighted by molar-refractivity contribution is 7.89. The molecular weight excluding hydrogens is 433 g/mol. The number of hydrogen-bond acceptors (Lipinski definition) is 5. The van der Waals surface area contributed by atoms with Crippen LogP contribution in [0.15, 0.2) is 41.3 Å². The smallest absolute Gasteiger partial charge is 0.242 e. The van der Waals surface area contributed by atoms with Crippen LogP contribution >= 0.6 is 23.2 Å². The molecule has 0 saturated carbocycles. The molecule has 0 amide bonds. The van der Waals surface area contributed by atoms with Gasteiger partial charge in [-0.05, 0) is 36.8 Å². The Bertz CT molecular complexity index is 961. The Kier molecular flexibility index (Phi) is 7.29. The third-order valence-corrected chi connectivity index (χ3v) is 7.35. The van der Waals surface area contributed by atoms with E-state index in [2.05, 4.69) is 20.6 Å². The molecule has 1 aliphatic heterocycles. The predicted molar refractivity (Wildman–Crippen MR) is 118 cm³/mol. The van der Waals surface area contributed by atoms with Gasteiger partial charge in [-0.2, -0.15) is 0 Å². The van der Waals surface area contributed by atoms with Crippen molar-refractivity contribution in [3.63, 3.8) is 0 Å². The lowest BCUT2D eigenvalue weighted by atomic mass is 10.2. The van der Waals surface area contributed by atoms with Crippen LogP contribution in [0.2, 0.25) is 10.0 Å². The molecule has 0 spiro atoms. The number of aryl methyl sites for hydroxylation is 1. The summed E-state index contributed by atoms with van der Waals surface area (Å²) in [5.74, 6) is 0.865. The van der Waals surface area contributed by atoms with E-state index in [4.69, 9.17) is 27.9 Å². The molecule has 0 aromatic heterocycles. The molecule has 1 aliphatic rings. The Morgan fingerprint density at radius 3 is 2.45 bits per heavy atom. The molecule has 0 atom stereocenters. The summed E-state index contributed by atoms with van der Waals surface area (Å²) in [5, 5.41) is 0.570. The standard InChI is InChI=1S/C20H25Cl2N3O3S/c1-15-13-20(17(22)14-16(15)21)29(26,27)23-7-8-24-9-11-25(12-10-24)18-5-3-4-6-19(18)28-2/h3-6,13-14,23H,7-12H2,1-2H3. The van der Waals surface area contributed by atoms with Crippen molar-refractivity contribution in [3.8, 4) is 5.75 Å². The van der Waals surface area contributed by atoms with Crippen LogP contribution in [0.4, 0.5) is 5.69 Å². The summed E-state index contributed by atoms with van der Waals surface area (Å²) in [6.45, 7) is 6.10. The van der Waals surface area contributed by atoms with E-state index in [1.54, 1.807) is 14.0 Å². The molecule has 2 aromatic rings. The molecule has 6 nitrogen and oxygen atoms in total. The van der Waals surface area contributed by atoms with E-state index in [1.807, 2.05) is 18.2 Å².